The van der Waals surface area contributed by atoms with Gasteiger partial charge in [-0.3, -0.25) is 0 Å². The van der Waals surface area contributed by atoms with Crippen LogP contribution in [0.4, 0.5) is 0 Å². The van der Waals surface area contributed by atoms with E-state index < -0.39 is 0 Å². The van der Waals surface area contributed by atoms with Crippen LogP contribution in [0.3, 0.4) is 0 Å². The molecule has 0 spiro atoms. The number of hydrogen-bond acceptors (Lipinski definition) is 2. The number of methoxy groups -OCH3 is 1. The van der Waals surface area contributed by atoms with Crippen molar-refractivity contribution in [2.45, 2.75) is 19.8 Å². The van der Waals surface area contributed by atoms with Crippen LogP contribution in [0.15, 0.2) is 47.7 Å². The standard InChI is InChI=1S/C15H20O2/c1-3-7-15(12-17-13-16-2)11-10-14-8-5-4-6-9-14/h3-6,8-9H,10-13H2,1-2H3. The van der Waals surface area contributed by atoms with Crippen LogP contribution in [-0.4, -0.2) is 20.5 Å². The van der Waals surface area contributed by atoms with Crippen molar-refractivity contribution in [3.8, 4) is 0 Å². The largest absolute Gasteiger partial charge is 0.359 e. The van der Waals surface area contributed by atoms with Gasteiger partial charge in [0.25, 0.3) is 0 Å². The van der Waals surface area contributed by atoms with Crippen molar-refractivity contribution >= 4 is 0 Å². The van der Waals surface area contributed by atoms with Crippen LogP contribution >= 0.6 is 0 Å². The van der Waals surface area contributed by atoms with E-state index in [1.54, 1.807) is 7.11 Å². The van der Waals surface area contributed by atoms with E-state index in [0.29, 0.717) is 13.4 Å². The minimum Gasteiger partial charge on any atom is -0.359 e. The van der Waals surface area contributed by atoms with Crippen molar-refractivity contribution in [1.82, 2.24) is 0 Å². The lowest BCUT2D eigenvalue weighted by atomic mass is 10.1. The summed E-state index contributed by atoms with van der Waals surface area (Å²) < 4.78 is 10.2. The van der Waals surface area contributed by atoms with E-state index in [4.69, 9.17) is 9.47 Å². The Morgan fingerprint density at radius 3 is 2.71 bits per heavy atom. The van der Waals surface area contributed by atoms with Crippen LogP contribution < -0.4 is 0 Å². The molecule has 0 heterocycles. The predicted molar refractivity (Wildman–Crippen MR) is 69.9 cm³/mol. The summed E-state index contributed by atoms with van der Waals surface area (Å²) in [7, 11) is 1.63. The summed E-state index contributed by atoms with van der Waals surface area (Å²) in [5.74, 6) is 0. The van der Waals surface area contributed by atoms with E-state index >= 15 is 0 Å². The van der Waals surface area contributed by atoms with Crippen LogP contribution in [0, 0.1) is 0 Å². The van der Waals surface area contributed by atoms with E-state index in [1.807, 2.05) is 19.1 Å². The first kappa shape index (κ1) is 13.7. The van der Waals surface area contributed by atoms with Gasteiger partial charge in [0.1, 0.15) is 6.79 Å². The summed E-state index contributed by atoms with van der Waals surface area (Å²) in [6.45, 7) is 2.89. The van der Waals surface area contributed by atoms with Gasteiger partial charge >= 0.3 is 0 Å². The first-order chi connectivity index (χ1) is 8.36. The Morgan fingerprint density at radius 2 is 2.06 bits per heavy atom. The highest BCUT2D eigenvalue weighted by Gasteiger charge is 1.98. The van der Waals surface area contributed by atoms with Crippen molar-refractivity contribution in [3.63, 3.8) is 0 Å². The van der Waals surface area contributed by atoms with Gasteiger partial charge in [0.05, 0.1) is 6.61 Å². The minimum absolute atomic E-state index is 0.334. The van der Waals surface area contributed by atoms with Crippen LogP contribution in [0.5, 0.6) is 0 Å². The molecule has 0 bridgehead atoms. The molecular weight excluding hydrogens is 212 g/mol. The maximum absolute atomic E-state index is 5.34. The fourth-order valence-corrected chi connectivity index (χ4v) is 1.58. The lowest BCUT2D eigenvalue weighted by Gasteiger charge is -2.06. The van der Waals surface area contributed by atoms with Crippen molar-refractivity contribution in [3.05, 3.63) is 53.3 Å². The lowest BCUT2D eigenvalue weighted by Crippen LogP contribution is -2.02. The van der Waals surface area contributed by atoms with Gasteiger partial charge in [-0.1, -0.05) is 30.3 Å². The molecule has 0 radical (unpaired) electrons. The second kappa shape index (κ2) is 8.77. The fraction of sp³-hybridized carbons (Fsp3) is 0.400. The van der Waals surface area contributed by atoms with Gasteiger partial charge in [-0.25, -0.2) is 0 Å². The summed E-state index contributed by atoms with van der Waals surface area (Å²) in [5.41, 5.74) is 5.74. The average molecular weight is 232 g/mol. The van der Waals surface area contributed by atoms with E-state index in [2.05, 4.69) is 30.0 Å². The molecule has 0 saturated carbocycles. The SMILES string of the molecule is CC=C=C(CCc1ccccc1)COCOC. The molecule has 0 aliphatic rings. The molecule has 1 aromatic carbocycles. The summed E-state index contributed by atoms with van der Waals surface area (Å²) in [6, 6.07) is 10.5. The first-order valence-corrected chi connectivity index (χ1v) is 5.86. The van der Waals surface area contributed by atoms with E-state index in [0.717, 1.165) is 12.8 Å². The zero-order chi connectivity index (χ0) is 12.3. The van der Waals surface area contributed by atoms with Crippen molar-refractivity contribution < 1.29 is 9.47 Å². The van der Waals surface area contributed by atoms with Crippen LogP contribution in [0.1, 0.15) is 18.9 Å². The molecule has 0 aromatic heterocycles. The number of rotatable bonds is 7. The monoisotopic (exact) mass is 232 g/mol. The zero-order valence-corrected chi connectivity index (χ0v) is 10.6. The third kappa shape index (κ3) is 6.08. The quantitative estimate of drug-likeness (QED) is 0.408. The van der Waals surface area contributed by atoms with Gasteiger partial charge in [0.15, 0.2) is 0 Å². The maximum Gasteiger partial charge on any atom is 0.146 e. The van der Waals surface area contributed by atoms with Crippen LogP contribution in [-0.2, 0) is 15.9 Å². The predicted octanol–water partition coefficient (Wildman–Crippen LogP) is 3.34. The number of ether oxygens (including phenoxy) is 2. The third-order valence-corrected chi connectivity index (χ3v) is 2.38. The average Bonchev–Trinajstić information content (AvgIpc) is 2.37. The Hall–Kier alpha value is -1.34. The van der Waals surface area contributed by atoms with Crippen LogP contribution in [0.25, 0.3) is 0 Å². The smallest absolute Gasteiger partial charge is 0.146 e. The third-order valence-electron chi connectivity index (χ3n) is 2.38. The number of benzene rings is 1. The molecular formula is C15H20O2. The molecule has 17 heavy (non-hydrogen) atoms. The molecule has 0 atom stereocenters. The first-order valence-electron chi connectivity index (χ1n) is 5.86. The highest BCUT2D eigenvalue weighted by Crippen LogP contribution is 2.08. The topological polar surface area (TPSA) is 18.5 Å². The van der Waals surface area contributed by atoms with Gasteiger partial charge in [-0.2, -0.15) is 0 Å². The van der Waals surface area contributed by atoms with Crippen molar-refractivity contribution in [1.29, 1.82) is 0 Å². The van der Waals surface area contributed by atoms with Gasteiger partial charge in [0, 0.05) is 7.11 Å². The summed E-state index contributed by atoms with van der Waals surface area (Å²) in [6.07, 6.45) is 3.92. The minimum atomic E-state index is 0.334. The molecule has 1 aromatic rings. The van der Waals surface area contributed by atoms with E-state index in [-0.39, 0.29) is 0 Å². The Kier molecular flexibility index (Phi) is 7.08. The summed E-state index contributed by atoms with van der Waals surface area (Å²) >= 11 is 0. The number of aryl methyl sites for hydroxylation is 1. The second-order valence-electron chi connectivity index (χ2n) is 3.78. The summed E-state index contributed by atoms with van der Waals surface area (Å²) in [5, 5.41) is 0. The molecule has 0 N–H and O–H groups in total. The fourth-order valence-electron chi connectivity index (χ4n) is 1.58. The van der Waals surface area contributed by atoms with Crippen molar-refractivity contribution in [2.24, 2.45) is 0 Å². The molecule has 0 unspecified atom stereocenters. The highest BCUT2D eigenvalue weighted by molar-refractivity contribution is 5.16. The van der Waals surface area contributed by atoms with Gasteiger partial charge in [-0.05, 0) is 37.0 Å². The highest BCUT2D eigenvalue weighted by atomic mass is 16.7. The van der Waals surface area contributed by atoms with Gasteiger partial charge in [-0.15, -0.1) is 5.73 Å². The lowest BCUT2D eigenvalue weighted by molar-refractivity contribution is -0.0216. The summed E-state index contributed by atoms with van der Waals surface area (Å²) in [4.78, 5) is 0. The normalized spacial score (nSPS) is 9.76. The zero-order valence-electron chi connectivity index (χ0n) is 10.6. The molecule has 0 saturated heterocycles. The number of hydrogen-bond donors (Lipinski definition) is 0. The molecule has 92 valence electrons. The second-order valence-corrected chi connectivity index (χ2v) is 3.78. The Labute approximate surface area is 104 Å². The molecule has 1 rings (SSSR count). The molecule has 0 amide bonds. The maximum atomic E-state index is 5.34. The molecule has 2 heteroatoms. The molecule has 2 nitrogen and oxygen atoms in total. The molecule has 0 fully saturated rings. The van der Waals surface area contributed by atoms with Crippen molar-refractivity contribution in [2.75, 3.05) is 20.5 Å². The Morgan fingerprint density at radius 1 is 1.29 bits per heavy atom. The van der Waals surface area contributed by atoms with Gasteiger partial charge < -0.3 is 9.47 Å². The molecule has 0 aliphatic carbocycles. The van der Waals surface area contributed by atoms with E-state index in [9.17, 15) is 0 Å². The van der Waals surface area contributed by atoms with Gasteiger partial charge in [0.2, 0.25) is 0 Å². The van der Waals surface area contributed by atoms with Crippen LogP contribution in [0.2, 0.25) is 0 Å². The molecule has 0 aliphatic heterocycles. The Balaban J connectivity index is 2.43. The Bertz CT molecular complexity index is 362. The van der Waals surface area contributed by atoms with E-state index in [1.165, 1.54) is 11.1 Å².